The van der Waals surface area contributed by atoms with Crippen LogP contribution in [0.5, 0.6) is 0 Å². The fourth-order valence-electron chi connectivity index (χ4n) is 4.47. The molecule has 0 spiro atoms. The first-order valence-corrected chi connectivity index (χ1v) is 12.1. The van der Waals surface area contributed by atoms with Crippen molar-refractivity contribution in [2.24, 2.45) is 5.92 Å². The van der Waals surface area contributed by atoms with Crippen molar-refractivity contribution in [1.29, 1.82) is 0 Å². The second-order valence-electron chi connectivity index (χ2n) is 9.50. The predicted molar refractivity (Wildman–Crippen MR) is 137 cm³/mol. The number of benzene rings is 2. The molecule has 35 heavy (non-hydrogen) atoms. The highest BCUT2D eigenvalue weighted by atomic mass is 16.2. The smallest absolute Gasteiger partial charge is 0.256 e. The summed E-state index contributed by atoms with van der Waals surface area (Å²) in [6.07, 6.45) is 6.12. The molecule has 0 saturated heterocycles. The van der Waals surface area contributed by atoms with Crippen LogP contribution in [0.2, 0.25) is 0 Å². The molecule has 2 heterocycles. The summed E-state index contributed by atoms with van der Waals surface area (Å²) in [5, 5.41) is 5.98. The van der Waals surface area contributed by atoms with E-state index in [2.05, 4.69) is 32.5 Å². The Hall–Kier alpha value is -4.00. The molecular weight excluding hydrogens is 438 g/mol. The van der Waals surface area contributed by atoms with Crippen LogP contribution in [0, 0.1) is 12.8 Å². The molecule has 2 aromatic carbocycles. The second kappa shape index (κ2) is 9.70. The van der Waals surface area contributed by atoms with Gasteiger partial charge in [0.2, 0.25) is 0 Å². The normalized spacial score (nSPS) is 17.8. The Bertz CT molecular complexity index is 1350. The lowest BCUT2D eigenvalue weighted by atomic mass is 9.87. The molecule has 7 heteroatoms. The van der Waals surface area contributed by atoms with Gasteiger partial charge in [-0.15, -0.1) is 0 Å². The average molecular weight is 468 g/mol. The SMILES string of the molecule is Cc1ccc(NC(=O)c2ccc(-c3nc4ccc(C(=O)NC5CCC(C)CC5)cc4[nH]3)cc2)nc1. The van der Waals surface area contributed by atoms with Crippen LogP contribution in [-0.2, 0) is 0 Å². The Balaban J connectivity index is 1.27. The molecule has 0 radical (unpaired) electrons. The Morgan fingerprint density at radius 2 is 1.66 bits per heavy atom. The highest BCUT2D eigenvalue weighted by molar-refractivity contribution is 6.04. The standard InChI is InChI=1S/C28H29N5O2/c1-17-3-11-22(12-4-17)30-28(35)21-10-13-23-24(15-21)32-26(31-23)19-6-8-20(9-7-19)27(34)33-25-14-5-18(2)16-29-25/h5-10,13-17,22H,3-4,11-12H2,1-2H3,(H,30,35)(H,31,32)(H,29,33,34). The fourth-order valence-corrected chi connectivity index (χ4v) is 4.47. The topological polar surface area (TPSA) is 99.8 Å². The number of carbonyl (C=O) groups is 2. The van der Waals surface area contributed by atoms with Gasteiger partial charge in [0.15, 0.2) is 0 Å². The van der Waals surface area contributed by atoms with Crippen molar-refractivity contribution < 1.29 is 9.59 Å². The minimum atomic E-state index is -0.222. The number of hydrogen-bond donors (Lipinski definition) is 3. The molecule has 0 aliphatic heterocycles. The minimum Gasteiger partial charge on any atom is -0.349 e. The zero-order chi connectivity index (χ0) is 24.4. The first kappa shape index (κ1) is 22.8. The van der Waals surface area contributed by atoms with E-state index in [1.54, 1.807) is 24.4 Å². The first-order chi connectivity index (χ1) is 16.9. The number of nitrogens with one attached hydrogen (secondary N) is 3. The van der Waals surface area contributed by atoms with Crippen LogP contribution in [0.3, 0.4) is 0 Å². The van der Waals surface area contributed by atoms with Crippen LogP contribution in [0.15, 0.2) is 60.8 Å². The number of aryl methyl sites for hydroxylation is 1. The van der Waals surface area contributed by atoms with Crippen molar-refractivity contribution in [2.45, 2.75) is 45.6 Å². The van der Waals surface area contributed by atoms with Gasteiger partial charge < -0.3 is 15.6 Å². The summed E-state index contributed by atoms with van der Waals surface area (Å²) < 4.78 is 0. The maximum atomic E-state index is 12.8. The number of hydrogen-bond acceptors (Lipinski definition) is 4. The van der Waals surface area contributed by atoms with Crippen molar-refractivity contribution in [2.75, 3.05) is 5.32 Å². The van der Waals surface area contributed by atoms with E-state index in [1.165, 1.54) is 0 Å². The summed E-state index contributed by atoms with van der Waals surface area (Å²) in [6.45, 7) is 4.22. The van der Waals surface area contributed by atoms with Gasteiger partial charge in [-0.3, -0.25) is 9.59 Å². The van der Waals surface area contributed by atoms with E-state index >= 15 is 0 Å². The quantitative estimate of drug-likeness (QED) is 0.361. The fraction of sp³-hybridized carbons (Fsp3) is 0.286. The molecule has 7 nitrogen and oxygen atoms in total. The zero-order valence-corrected chi connectivity index (χ0v) is 20.0. The zero-order valence-electron chi connectivity index (χ0n) is 20.0. The number of nitrogens with zero attached hydrogens (tertiary/aromatic N) is 2. The van der Waals surface area contributed by atoms with Gasteiger partial charge in [-0.2, -0.15) is 0 Å². The van der Waals surface area contributed by atoms with Crippen LogP contribution in [0.4, 0.5) is 5.82 Å². The molecule has 1 aliphatic rings. The van der Waals surface area contributed by atoms with E-state index in [9.17, 15) is 9.59 Å². The number of anilines is 1. The number of fused-ring (bicyclic) bond motifs is 1. The minimum absolute atomic E-state index is 0.0407. The highest BCUT2D eigenvalue weighted by Crippen LogP contribution is 2.25. The lowest BCUT2D eigenvalue weighted by molar-refractivity contribution is 0.0922. The van der Waals surface area contributed by atoms with Crippen LogP contribution in [-0.4, -0.2) is 32.8 Å². The van der Waals surface area contributed by atoms with Gasteiger partial charge in [0.1, 0.15) is 11.6 Å². The van der Waals surface area contributed by atoms with Crippen LogP contribution < -0.4 is 10.6 Å². The number of amides is 2. The van der Waals surface area contributed by atoms with Gasteiger partial charge in [0.25, 0.3) is 11.8 Å². The predicted octanol–water partition coefficient (Wildman–Crippen LogP) is 5.49. The van der Waals surface area contributed by atoms with Gasteiger partial charge in [-0.05, 0) is 80.5 Å². The Labute approximate surface area is 204 Å². The van der Waals surface area contributed by atoms with Gasteiger partial charge in [-0.25, -0.2) is 9.97 Å². The highest BCUT2D eigenvalue weighted by Gasteiger charge is 2.20. The van der Waals surface area contributed by atoms with Crippen LogP contribution in [0.1, 0.15) is 58.9 Å². The number of pyridine rings is 1. The summed E-state index contributed by atoms with van der Waals surface area (Å²) in [5.41, 5.74) is 4.64. The Morgan fingerprint density at radius 3 is 2.37 bits per heavy atom. The molecular formula is C28H29N5O2. The Kier molecular flexibility index (Phi) is 6.31. The number of H-pyrrole nitrogens is 1. The van der Waals surface area contributed by atoms with Crippen molar-refractivity contribution in [3.63, 3.8) is 0 Å². The van der Waals surface area contributed by atoms with Crippen molar-refractivity contribution in [1.82, 2.24) is 20.3 Å². The van der Waals surface area contributed by atoms with Gasteiger partial charge in [-0.1, -0.05) is 25.1 Å². The molecule has 2 amide bonds. The third-order valence-corrected chi connectivity index (χ3v) is 6.67. The Morgan fingerprint density at radius 1 is 0.914 bits per heavy atom. The van der Waals surface area contributed by atoms with Gasteiger partial charge in [0, 0.05) is 28.9 Å². The largest absolute Gasteiger partial charge is 0.349 e. The molecule has 3 N–H and O–H groups in total. The van der Waals surface area contributed by atoms with E-state index < -0.39 is 0 Å². The molecule has 0 bridgehead atoms. The lowest BCUT2D eigenvalue weighted by Gasteiger charge is -2.26. The number of carbonyl (C=O) groups excluding carboxylic acids is 2. The number of rotatable bonds is 5. The molecule has 2 aromatic heterocycles. The number of aromatic nitrogens is 3. The van der Waals surface area contributed by atoms with E-state index in [4.69, 9.17) is 0 Å². The molecule has 5 rings (SSSR count). The second-order valence-corrected chi connectivity index (χ2v) is 9.50. The number of imidazole rings is 1. The maximum absolute atomic E-state index is 12.8. The van der Waals surface area contributed by atoms with Gasteiger partial charge in [0.05, 0.1) is 11.0 Å². The third kappa shape index (κ3) is 5.24. The molecule has 1 saturated carbocycles. The van der Waals surface area contributed by atoms with Crippen LogP contribution in [0.25, 0.3) is 22.4 Å². The third-order valence-electron chi connectivity index (χ3n) is 6.67. The summed E-state index contributed by atoms with van der Waals surface area (Å²) in [5.74, 6) is 1.68. The molecule has 4 aromatic rings. The summed E-state index contributed by atoms with van der Waals surface area (Å²) >= 11 is 0. The molecule has 1 fully saturated rings. The van der Waals surface area contributed by atoms with Gasteiger partial charge >= 0.3 is 0 Å². The van der Waals surface area contributed by atoms with E-state index in [-0.39, 0.29) is 17.9 Å². The molecule has 1 aliphatic carbocycles. The van der Waals surface area contributed by atoms with E-state index in [1.807, 2.05) is 43.3 Å². The monoisotopic (exact) mass is 467 g/mol. The molecule has 178 valence electrons. The van der Waals surface area contributed by atoms with Crippen molar-refractivity contribution in [3.05, 3.63) is 77.5 Å². The summed E-state index contributed by atoms with van der Waals surface area (Å²) in [7, 11) is 0. The van der Waals surface area contributed by atoms with Crippen molar-refractivity contribution in [3.8, 4) is 11.4 Å². The summed E-state index contributed by atoms with van der Waals surface area (Å²) in [6, 6.07) is 16.7. The van der Waals surface area contributed by atoms with Crippen LogP contribution >= 0.6 is 0 Å². The molecule has 0 unspecified atom stereocenters. The maximum Gasteiger partial charge on any atom is 0.256 e. The van der Waals surface area contributed by atoms with E-state index in [0.717, 1.165) is 53.8 Å². The number of aromatic amines is 1. The van der Waals surface area contributed by atoms with E-state index in [0.29, 0.717) is 22.8 Å². The first-order valence-electron chi connectivity index (χ1n) is 12.1. The lowest BCUT2D eigenvalue weighted by Crippen LogP contribution is -2.37. The average Bonchev–Trinajstić information content (AvgIpc) is 3.30. The molecule has 0 atom stereocenters. The summed E-state index contributed by atoms with van der Waals surface area (Å²) in [4.78, 5) is 37.5. The van der Waals surface area contributed by atoms with Crippen molar-refractivity contribution >= 4 is 28.7 Å².